The van der Waals surface area contributed by atoms with Gasteiger partial charge >= 0.3 is 0 Å². The van der Waals surface area contributed by atoms with Crippen molar-refractivity contribution in [3.8, 4) is 0 Å². The third kappa shape index (κ3) is 4.25. The maximum absolute atomic E-state index is 11.5. The minimum absolute atomic E-state index is 0.00774. The van der Waals surface area contributed by atoms with Crippen molar-refractivity contribution in [1.82, 2.24) is 10.2 Å². The first-order chi connectivity index (χ1) is 7.71. The molecule has 0 radical (unpaired) electrons. The molecule has 6 nitrogen and oxygen atoms in total. The molecule has 0 bridgehead atoms. The zero-order chi connectivity index (χ0) is 13.2. The van der Waals surface area contributed by atoms with E-state index in [2.05, 4.69) is 5.32 Å². The maximum Gasteiger partial charge on any atom is 0.234 e. The number of carbonyl (C=O) groups is 1. The Labute approximate surface area is 102 Å². The highest BCUT2D eigenvalue weighted by molar-refractivity contribution is 7.91. The van der Waals surface area contributed by atoms with Crippen molar-refractivity contribution in [1.29, 1.82) is 0 Å². The van der Waals surface area contributed by atoms with Gasteiger partial charge in [-0.15, -0.1) is 0 Å². The lowest BCUT2D eigenvalue weighted by atomic mass is 10.1. The molecule has 0 aromatic heterocycles. The van der Waals surface area contributed by atoms with E-state index in [0.29, 0.717) is 0 Å². The molecule has 1 aliphatic heterocycles. The van der Waals surface area contributed by atoms with Crippen molar-refractivity contribution in [2.24, 2.45) is 5.73 Å². The van der Waals surface area contributed by atoms with E-state index in [1.807, 2.05) is 13.8 Å². The number of likely N-dealkylation sites (N-methyl/N-ethyl adjacent to an activating group) is 1. The van der Waals surface area contributed by atoms with Gasteiger partial charge in [-0.2, -0.15) is 0 Å². The predicted molar refractivity (Wildman–Crippen MR) is 66.3 cm³/mol. The fourth-order valence-corrected chi connectivity index (χ4v) is 3.99. The normalized spacial score (nSPS) is 27.6. The highest BCUT2D eigenvalue weighted by Crippen LogP contribution is 2.15. The molecule has 1 rings (SSSR count). The second-order valence-electron chi connectivity index (χ2n) is 4.95. The molecule has 7 heteroatoms. The van der Waals surface area contributed by atoms with Crippen LogP contribution in [-0.4, -0.2) is 62.4 Å². The lowest BCUT2D eigenvalue weighted by molar-refractivity contribution is -0.122. The first-order valence-electron chi connectivity index (χ1n) is 5.67. The third-order valence-electron chi connectivity index (χ3n) is 2.77. The van der Waals surface area contributed by atoms with Crippen LogP contribution >= 0.6 is 0 Å². The molecule has 1 amide bonds. The molecule has 2 unspecified atom stereocenters. The standard InChI is InChI=1S/C10H21N3O3S/c1-7(2)12-10(14)4-13(3)9-6-17(15,16)5-8(9)11/h7-9H,4-6,11H2,1-3H3,(H,12,14). The molecule has 0 aromatic carbocycles. The van der Waals surface area contributed by atoms with Crippen LogP contribution in [0.3, 0.4) is 0 Å². The van der Waals surface area contributed by atoms with E-state index in [1.165, 1.54) is 0 Å². The van der Waals surface area contributed by atoms with E-state index in [4.69, 9.17) is 5.73 Å². The number of nitrogens with one attached hydrogen (secondary N) is 1. The second kappa shape index (κ2) is 5.32. The van der Waals surface area contributed by atoms with E-state index < -0.39 is 15.9 Å². The lowest BCUT2D eigenvalue weighted by Crippen LogP contribution is -2.49. The zero-order valence-corrected chi connectivity index (χ0v) is 11.3. The zero-order valence-electron chi connectivity index (χ0n) is 10.5. The Bertz CT molecular complexity index is 380. The van der Waals surface area contributed by atoms with Crippen LogP contribution in [0.4, 0.5) is 0 Å². The van der Waals surface area contributed by atoms with Crippen LogP contribution in [0.15, 0.2) is 0 Å². The van der Waals surface area contributed by atoms with Crippen molar-refractivity contribution >= 4 is 15.7 Å². The van der Waals surface area contributed by atoms with Crippen molar-refractivity contribution in [2.45, 2.75) is 32.0 Å². The SMILES string of the molecule is CC(C)NC(=O)CN(C)C1CS(=O)(=O)CC1N. The van der Waals surface area contributed by atoms with E-state index in [-0.39, 0.29) is 36.0 Å². The lowest BCUT2D eigenvalue weighted by Gasteiger charge is -2.26. The summed E-state index contributed by atoms with van der Waals surface area (Å²) >= 11 is 0. The van der Waals surface area contributed by atoms with Crippen LogP contribution < -0.4 is 11.1 Å². The number of hydrogen-bond acceptors (Lipinski definition) is 5. The molecule has 0 aromatic rings. The molecule has 0 spiro atoms. The van der Waals surface area contributed by atoms with Gasteiger partial charge in [0.1, 0.15) is 0 Å². The van der Waals surface area contributed by atoms with Gasteiger partial charge in [0.15, 0.2) is 9.84 Å². The predicted octanol–water partition coefficient (Wildman–Crippen LogP) is -1.43. The van der Waals surface area contributed by atoms with E-state index in [0.717, 1.165) is 0 Å². The number of sulfone groups is 1. The second-order valence-corrected chi connectivity index (χ2v) is 7.10. The summed E-state index contributed by atoms with van der Waals surface area (Å²) in [5.74, 6) is -0.0630. The average molecular weight is 263 g/mol. The van der Waals surface area contributed by atoms with Gasteiger partial charge in [-0.05, 0) is 20.9 Å². The first-order valence-corrected chi connectivity index (χ1v) is 7.49. The summed E-state index contributed by atoms with van der Waals surface area (Å²) < 4.78 is 22.8. The number of hydrogen-bond donors (Lipinski definition) is 2. The van der Waals surface area contributed by atoms with E-state index in [9.17, 15) is 13.2 Å². The average Bonchev–Trinajstić information content (AvgIpc) is 2.37. The van der Waals surface area contributed by atoms with E-state index >= 15 is 0 Å². The first kappa shape index (κ1) is 14.4. The monoisotopic (exact) mass is 263 g/mol. The van der Waals surface area contributed by atoms with Crippen LogP contribution in [0.25, 0.3) is 0 Å². The van der Waals surface area contributed by atoms with Crippen LogP contribution in [0, 0.1) is 0 Å². The van der Waals surface area contributed by atoms with Crippen molar-refractivity contribution in [3.05, 3.63) is 0 Å². The van der Waals surface area contributed by atoms with Gasteiger partial charge < -0.3 is 11.1 Å². The summed E-state index contributed by atoms with van der Waals surface area (Å²) in [4.78, 5) is 13.3. The molecule has 0 aliphatic carbocycles. The molecule has 1 aliphatic rings. The Balaban J connectivity index is 2.54. The quantitative estimate of drug-likeness (QED) is 0.648. The molecule has 100 valence electrons. The fraction of sp³-hybridized carbons (Fsp3) is 0.900. The summed E-state index contributed by atoms with van der Waals surface area (Å²) in [5, 5.41) is 2.76. The van der Waals surface area contributed by atoms with Crippen molar-refractivity contribution in [3.63, 3.8) is 0 Å². The highest BCUT2D eigenvalue weighted by Gasteiger charge is 2.37. The summed E-state index contributed by atoms with van der Waals surface area (Å²) in [7, 11) is -1.32. The third-order valence-corrected chi connectivity index (χ3v) is 4.52. The number of nitrogens with zero attached hydrogens (tertiary/aromatic N) is 1. The number of amides is 1. The number of nitrogens with two attached hydrogens (primary N) is 1. The van der Waals surface area contributed by atoms with Gasteiger partial charge in [-0.3, -0.25) is 9.69 Å². The largest absolute Gasteiger partial charge is 0.353 e. The molecule has 17 heavy (non-hydrogen) atoms. The Morgan fingerprint density at radius 2 is 2.06 bits per heavy atom. The summed E-state index contributed by atoms with van der Waals surface area (Å²) in [6.07, 6.45) is 0. The molecule has 0 saturated carbocycles. The van der Waals surface area contributed by atoms with Crippen molar-refractivity contribution in [2.75, 3.05) is 25.1 Å². The Morgan fingerprint density at radius 1 is 1.47 bits per heavy atom. The molecule has 1 heterocycles. The van der Waals surface area contributed by atoms with Crippen molar-refractivity contribution < 1.29 is 13.2 Å². The maximum atomic E-state index is 11.5. The summed E-state index contributed by atoms with van der Waals surface area (Å²) in [6.45, 7) is 3.93. The van der Waals surface area contributed by atoms with Gasteiger partial charge in [-0.1, -0.05) is 0 Å². The fourth-order valence-electron chi connectivity index (χ4n) is 2.02. The molecule has 2 atom stereocenters. The van der Waals surface area contributed by atoms with Crippen LogP contribution in [0.1, 0.15) is 13.8 Å². The van der Waals surface area contributed by atoms with Gasteiger partial charge in [0, 0.05) is 18.1 Å². The Morgan fingerprint density at radius 3 is 2.47 bits per heavy atom. The summed E-state index contributed by atoms with van der Waals surface area (Å²) in [5.41, 5.74) is 5.78. The molecule has 1 saturated heterocycles. The van der Waals surface area contributed by atoms with Gasteiger partial charge in [-0.25, -0.2) is 8.42 Å². The van der Waals surface area contributed by atoms with Gasteiger partial charge in [0.2, 0.25) is 5.91 Å². The smallest absolute Gasteiger partial charge is 0.234 e. The van der Waals surface area contributed by atoms with Gasteiger partial charge in [0.05, 0.1) is 18.1 Å². The van der Waals surface area contributed by atoms with Crippen LogP contribution in [-0.2, 0) is 14.6 Å². The molecular formula is C10H21N3O3S. The van der Waals surface area contributed by atoms with Crippen LogP contribution in [0.5, 0.6) is 0 Å². The highest BCUT2D eigenvalue weighted by atomic mass is 32.2. The Hall–Kier alpha value is -0.660. The topological polar surface area (TPSA) is 92.5 Å². The molecular weight excluding hydrogens is 242 g/mol. The summed E-state index contributed by atoms with van der Waals surface area (Å²) in [6, 6.07) is -0.591. The number of rotatable bonds is 4. The minimum Gasteiger partial charge on any atom is -0.353 e. The number of carbonyl (C=O) groups excluding carboxylic acids is 1. The Kier molecular flexibility index (Phi) is 4.51. The van der Waals surface area contributed by atoms with Gasteiger partial charge in [0.25, 0.3) is 0 Å². The van der Waals surface area contributed by atoms with E-state index in [1.54, 1.807) is 11.9 Å². The molecule has 3 N–H and O–H groups in total. The van der Waals surface area contributed by atoms with Crippen LogP contribution in [0.2, 0.25) is 0 Å². The minimum atomic E-state index is -3.05. The molecule has 1 fully saturated rings.